The number of hydrogen-bond donors (Lipinski definition) is 1. The van der Waals surface area contributed by atoms with E-state index in [-0.39, 0.29) is 5.91 Å². The number of nitrogens with zero attached hydrogens (tertiary/aromatic N) is 3. The molecular weight excluding hydrogens is 332 g/mol. The van der Waals surface area contributed by atoms with Gasteiger partial charge in [0.15, 0.2) is 0 Å². The van der Waals surface area contributed by atoms with E-state index in [9.17, 15) is 9.59 Å². The summed E-state index contributed by atoms with van der Waals surface area (Å²) in [6.07, 6.45) is 3.14. The van der Waals surface area contributed by atoms with E-state index in [1.807, 2.05) is 24.3 Å². The van der Waals surface area contributed by atoms with Crippen LogP contribution in [0.3, 0.4) is 0 Å². The number of esters is 1. The lowest BCUT2D eigenvalue weighted by Crippen LogP contribution is -2.23. The molecular formula is C19H18N4O3. The molecule has 0 aliphatic heterocycles. The monoisotopic (exact) mass is 350 g/mol. The number of carbonyl (C=O) groups is 2. The van der Waals surface area contributed by atoms with Crippen molar-refractivity contribution in [2.75, 3.05) is 7.11 Å². The molecule has 0 unspecified atom stereocenters. The molecule has 7 heteroatoms. The number of amides is 1. The number of hydrogen-bond acceptors (Lipinski definition) is 5. The highest BCUT2D eigenvalue weighted by Crippen LogP contribution is 2.11. The molecule has 0 bridgehead atoms. The van der Waals surface area contributed by atoms with E-state index in [2.05, 4.69) is 20.1 Å². The second-order valence-corrected chi connectivity index (χ2v) is 5.61. The van der Waals surface area contributed by atoms with Gasteiger partial charge in [0.25, 0.3) is 5.91 Å². The third-order valence-electron chi connectivity index (χ3n) is 3.92. The maximum absolute atomic E-state index is 12.3. The number of rotatable bonds is 6. The Bertz CT molecular complexity index is 889. The van der Waals surface area contributed by atoms with E-state index in [1.54, 1.807) is 35.3 Å². The average molecular weight is 350 g/mol. The molecule has 3 rings (SSSR count). The highest BCUT2D eigenvalue weighted by Gasteiger charge is 2.10. The Labute approximate surface area is 150 Å². The molecule has 1 N–H and O–H groups in total. The lowest BCUT2D eigenvalue weighted by atomic mass is 10.1. The molecule has 0 saturated heterocycles. The van der Waals surface area contributed by atoms with Crippen LogP contribution in [-0.2, 0) is 17.8 Å². The molecule has 0 saturated carbocycles. The van der Waals surface area contributed by atoms with Crippen molar-refractivity contribution in [3.8, 4) is 0 Å². The predicted molar refractivity (Wildman–Crippen MR) is 94.5 cm³/mol. The molecule has 132 valence electrons. The fraction of sp³-hybridized carbons (Fsp3) is 0.158. The molecule has 0 aliphatic carbocycles. The summed E-state index contributed by atoms with van der Waals surface area (Å²) in [7, 11) is 1.32. The predicted octanol–water partition coefficient (Wildman–Crippen LogP) is 2.04. The van der Waals surface area contributed by atoms with Crippen LogP contribution in [0.15, 0.2) is 61.2 Å². The molecule has 0 aliphatic rings. The van der Waals surface area contributed by atoms with Crippen molar-refractivity contribution in [2.45, 2.75) is 13.1 Å². The molecule has 0 atom stereocenters. The number of methoxy groups -OCH3 is 1. The van der Waals surface area contributed by atoms with E-state index in [0.717, 1.165) is 11.1 Å². The van der Waals surface area contributed by atoms with Gasteiger partial charge in [0.2, 0.25) is 0 Å². The van der Waals surface area contributed by atoms with Gasteiger partial charge in [-0.3, -0.25) is 4.79 Å². The Kier molecular flexibility index (Phi) is 5.38. The van der Waals surface area contributed by atoms with Gasteiger partial charge >= 0.3 is 5.97 Å². The minimum absolute atomic E-state index is 0.211. The summed E-state index contributed by atoms with van der Waals surface area (Å²) in [5.41, 5.74) is 2.94. The summed E-state index contributed by atoms with van der Waals surface area (Å²) in [4.78, 5) is 27.7. The standard InChI is InChI=1S/C19H18N4O3/c1-26-19(25)15-8-6-14(7-9-15)18(24)21-10-16-4-2-3-5-17(16)11-23-13-20-12-22-23/h2-9,12-13H,10-11H2,1H3,(H,21,24). The molecule has 2 aromatic carbocycles. The Balaban J connectivity index is 1.65. The molecule has 0 spiro atoms. The molecule has 0 radical (unpaired) electrons. The second-order valence-electron chi connectivity index (χ2n) is 5.61. The van der Waals surface area contributed by atoms with Crippen LogP contribution in [0.1, 0.15) is 31.8 Å². The third-order valence-corrected chi connectivity index (χ3v) is 3.92. The fourth-order valence-electron chi connectivity index (χ4n) is 2.53. The Morgan fingerprint density at radius 2 is 1.73 bits per heavy atom. The van der Waals surface area contributed by atoms with Crippen molar-refractivity contribution in [1.82, 2.24) is 20.1 Å². The summed E-state index contributed by atoms with van der Waals surface area (Å²) in [5, 5.41) is 7.00. The van der Waals surface area contributed by atoms with Gasteiger partial charge in [-0.15, -0.1) is 0 Å². The van der Waals surface area contributed by atoms with Crippen LogP contribution < -0.4 is 5.32 Å². The van der Waals surface area contributed by atoms with Gasteiger partial charge in [-0.2, -0.15) is 5.10 Å². The highest BCUT2D eigenvalue weighted by molar-refractivity contribution is 5.96. The first kappa shape index (κ1) is 17.3. The van der Waals surface area contributed by atoms with Gasteiger partial charge < -0.3 is 10.1 Å². The first-order valence-electron chi connectivity index (χ1n) is 8.03. The lowest BCUT2D eigenvalue weighted by Gasteiger charge is -2.11. The average Bonchev–Trinajstić information content (AvgIpc) is 3.19. The summed E-state index contributed by atoms with van der Waals surface area (Å²) >= 11 is 0. The Morgan fingerprint density at radius 1 is 1.04 bits per heavy atom. The van der Waals surface area contributed by atoms with Gasteiger partial charge in [0.05, 0.1) is 19.2 Å². The van der Waals surface area contributed by atoms with Crippen molar-refractivity contribution in [2.24, 2.45) is 0 Å². The van der Waals surface area contributed by atoms with Crippen molar-refractivity contribution in [3.63, 3.8) is 0 Å². The smallest absolute Gasteiger partial charge is 0.337 e. The van der Waals surface area contributed by atoms with Crippen LogP contribution in [0, 0.1) is 0 Å². The van der Waals surface area contributed by atoms with Crippen molar-refractivity contribution < 1.29 is 14.3 Å². The third kappa shape index (κ3) is 4.13. The second kappa shape index (κ2) is 8.06. The van der Waals surface area contributed by atoms with Crippen LogP contribution >= 0.6 is 0 Å². The van der Waals surface area contributed by atoms with E-state index in [4.69, 9.17) is 0 Å². The summed E-state index contributed by atoms with van der Waals surface area (Å²) in [6.45, 7) is 0.975. The molecule has 1 aromatic heterocycles. The first-order chi connectivity index (χ1) is 12.7. The lowest BCUT2D eigenvalue weighted by molar-refractivity contribution is 0.0600. The highest BCUT2D eigenvalue weighted by atomic mass is 16.5. The van der Waals surface area contributed by atoms with Gasteiger partial charge in [0, 0.05) is 12.1 Å². The SMILES string of the molecule is COC(=O)c1ccc(C(=O)NCc2ccccc2Cn2cncn2)cc1. The van der Waals surface area contributed by atoms with Crippen LogP contribution in [0.4, 0.5) is 0 Å². The van der Waals surface area contributed by atoms with Gasteiger partial charge in [-0.25, -0.2) is 14.5 Å². The van der Waals surface area contributed by atoms with E-state index >= 15 is 0 Å². The van der Waals surface area contributed by atoms with Crippen molar-refractivity contribution >= 4 is 11.9 Å². The number of carbonyl (C=O) groups excluding carboxylic acids is 2. The van der Waals surface area contributed by atoms with Crippen molar-refractivity contribution in [1.29, 1.82) is 0 Å². The van der Waals surface area contributed by atoms with Gasteiger partial charge in [-0.05, 0) is 35.4 Å². The summed E-state index contributed by atoms with van der Waals surface area (Å²) in [5.74, 6) is -0.643. The molecule has 26 heavy (non-hydrogen) atoms. The van der Waals surface area contributed by atoms with Crippen LogP contribution in [0.5, 0.6) is 0 Å². The number of nitrogens with one attached hydrogen (secondary N) is 1. The molecule has 7 nitrogen and oxygen atoms in total. The van der Waals surface area contributed by atoms with Crippen molar-refractivity contribution in [3.05, 3.63) is 83.4 Å². The Hall–Kier alpha value is -3.48. The van der Waals surface area contributed by atoms with Gasteiger partial charge in [0.1, 0.15) is 12.7 Å². The number of ether oxygens (including phenoxy) is 1. The van der Waals surface area contributed by atoms with E-state index < -0.39 is 5.97 Å². The largest absolute Gasteiger partial charge is 0.465 e. The summed E-state index contributed by atoms with van der Waals surface area (Å²) < 4.78 is 6.38. The minimum Gasteiger partial charge on any atom is -0.465 e. The van der Waals surface area contributed by atoms with Crippen LogP contribution in [0.25, 0.3) is 0 Å². The topological polar surface area (TPSA) is 86.1 Å². The molecule has 3 aromatic rings. The molecule has 1 amide bonds. The summed E-state index contributed by atoms with van der Waals surface area (Å²) in [6, 6.07) is 14.2. The zero-order chi connectivity index (χ0) is 18.4. The fourth-order valence-corrected chi connectivity index (χ4v) is 2.53. The first-order valence-corrected chi connectivity index (χ1v) is 8.03. The molecule has 1 heterocycles. The molecule has 0 fully saturated rings. The quantitative estimate of drug-likeness (QED) is 0.688. The minimum atomic E-state index is -0.431. The zero-order valence-electron chi connectivity index (χ0n) is 14.3. The van der Waals surface area contributed by atoms with Crippen LogP contribution in [-0.4, -0.2) is 33.8 Å². The maximum atomic E-state index is 12.3. The van der Waals surface area contributed by atoms with Crippen LogP contribution in [0.2, 0.25) is 0 Å². The number of aromatic nitrogens is 3. The van der Waals surface area contributed by atoms with E-state index in [1.165, 1.54) is 13.4 Å². The van der Waals surface area contributed by atoms with Gasteiger partial charge in [-0.1, -0.05) is 24.3 Å². The normalized spacial score (nSPS) is 10.3. The van der Waals surface area contributed by atoms with E-state index in [0.29, 0.717) is 24.2 Å². The number of benzene rings is 2. The Morgan fingerprint density at radius 3 is 2.38 bits per heavy atom. The maximum Gasteiger partial charge on any atom is 0.337 e. The zero-order valence-corrected chi connectivity index (χ0v) is 14.3.